The molecule has 2 heterocycles. The lowest BCUT2D eigenvalue weighted by molar-refractivity contribution is 0.0829. The highest BCUT2D eigenvalue weighted by atomic mass is 32.1. The van der Waals surface area contributed by atoms with E-state index in [1.165, 1.54) is 18.2 Å². The third-order valence-electron chi connectivity index (χ3n) is 9.46. The average Bonchev–Trinajstić information content (AvgIpc) is 3.78. The highest BCUT2D eigenvalue weighted by molar-refractivity contribution is 7.71. The van der Waals surface area contributed by atoms with Gasteiger partial charge in [-0.05, 0) is 78.4 Å². The second-order valence-electron chi connectivity index (χ2n) is 13.3. The molecule has 0 spiro atoms. The number of nitrogens with zero attached hydrogens (tertiary/aromatic N) is 5. The zero-order valence-corrected chi connectivity index (χ0v) is 32.3. The first-order chi connectivity index (χ1) is 27.6. The molecule has 57 heavy (non-hydrogen) atoms. The highest BCUT2D eigenvalue weighted by Gasteiger charge is 2.21. The SMILES string of the molecule is CN(C)C(=O)c1ccc(-n2c(-c3ccc(O)cc3OCCCOc3ccc(-n4c(-c5ccc(O)cc5O)n[nH]c4=S)c4ccccc34)n[nH]c2=S)c2ccccc12. The molecule has 0 fully saturated rings. The van der Waals surface area contributed by atoms with Gasteiger partial charge in [0, 0.05) is 54.4 Å². The number of rotatable bonds is 11. The number of ether oxygens (including phenoxy) is 2. The molecule has 1 amide bonds. The Morgan fingerprint density at radius 1 is 0.649 bits per heavy atom. The summed E-state index contributed by atoms with van der Waals surface area (Å²) in [7, 11) is 3.44. The Labute approximate surface area is 335 Å². The van der Waals surface area contributed by atoms with E-state index in [-0.39, 0.29) is 29.8 Å². The zero-order valence-electron chi connectivity index (χ0n) is 30.6. The first-order valence-corrected chi connectivity index (χ1v) is 18.6. The lowest BCUT2D eigenvalue weighted by Crippen LogP contribution is -2.22. The Morgan fingerprint density at radius 3 is 1.81 bits per heavy atom. The Morgan fingerprint density at radius 2 is 1.18 bits per heavy atom. The monoisotopic (exact) mass is 797 g/mol. The fourth-order valence-electron chi connectivity index (χ4n) is 6.83. The topological polar surface area (TPSA) is 167 Å². The summed E-state index contributed by atoms with van der Waals surface area (Å²) < 4.78 is 16.8. The molecule has 0 unspecified atom stereocenters. The van der Waals surface area contributed by atoms with Gasteiger partial charge < -0.3 is 29.7 Å². The van der Waals surface area contributed by atoms with Crippen molar-refractivity contribution in [3.8, 4) is 62.9 Å². The molecule has 8 aromatic rings. The number of benzene rings is 6. The van der Waals surface area contributed by atoms with E-state index in [2.05, 4.69) is 20.4 Å². The fraction of sp³-hybridized carbons (Fsp3) is 0.119. The number of carbonyl (C=O) groups is 1. The van der Waals surface area contributed by atoms with Crippen LogP contribution in [0.25, 0.3) is 55.7 Å². The van der Waals surface area contributed by atoms with Crippen molar-refractivity contribution in [1.82, 2.24) is 34.4 Å². The van der Waals surface area contributed by atoms with Crippen LogP contribution >= 0.6 is 24.4 Å². The number of fused-ring (bicyclic) bond motifs is 2. The second-order valence-corrected chi connectivity index (χ2v) is 14.1. The number of phenols is 3. The Bertz CT molecular complexity index is 2950. The molecule has 0 saturated heterocycles. The number of aromatic nitrogens is 6. The van der Waals surface area contributed by atoms with Gasteiger partial charge in [-0.1, -0.05) is 48.5 Å². The molecule has 286 valence electrons. The van der Waals surface area contributed by atoms with Crippen LogP contribution in [-0.4, -0.2) is 83.0 Å². The van der Waals surface area contributed by atoms with Crippen LogP contribution in [0.2, 0.25) is 0 Å². The van der Waals surface area contributed by atoms with E-state index in [0.29, 0.717) is 62.4 Å². The smallest absolute Gasteiger partial charge is 0.253 e. The van der Waals surface area contributed by atoms with E-state index < -0.39 is 0 Å². The number of H-pyrrole nitrogens is 2. The number of aromatic hydroxyl groups is 3. The van der Waals surface area contributed by atoms with Gasteiger partial charge in [-0.3, -0.25) is 24.1 Å². The Balaban J connectivity index is 1.03. The maximum Gasteiger partial charge on any atom is 0.253 e. The summed E-state index contributed by atoms with van der Waals surface area (Å²) in [5.41, 5.74) is 3.01. The van der Waals surface area contributed by atoms with Crippen LogP contribution in [0, 0.1) is 9.54 Å². The Hall–Kier alpha value is -6.97. The average molecular weight is 798 g/mol. The van der Waals surface area contributed by atoms with E-state index in [1.54, 1.807) is 52.4 Å². The van der Waals surface area contributed by atoms with Gasteiger partial charge in [0.2, 0.25) is 0 Å². The van der Waals surface area contributed by atoms with Crippen LogP contribution in [0.15, 0.2) is 109 Å². The molecular formula is C42H35N7O6S2. The van der Waals surface area contributed by atoms with E-state index >= 15 is 0 Å². The molecule has 0 aliphatic heterocycles. The van der Waals surface area contributed by atoms with Crippen LogP contribution in [-0.2, 0) is 0 Å². The van der Waals surface area contributed by atoms with Crippen molar-refractivity contribution in [3.63, 3.8) is 0 Å². The second kappa shape index (κ2) is 15.3. The normalized spacial score (nSPS) is 11.3. The quantitative estimate of drug-likeness (QED) is 0.0633. The molecule has 5 N–H and O–H groups in total. The van der Waals surface area contributed by atoms with E-state index in [4.69, 9.17) is 33.9 Å². The number of nitrogens with one attached hydrogen (secondary N) is 2. The van der Waals surface area contributed by atoms with Gasteiger partial charge in [0.1, 0.15) is 28.7 Å². The minimum Gasteiger partial charge on any atom is -0.508 e. The van der Waals surface area contributed by atoms with E-state index in [1.807, 2.05) is 66.7 Å². The number of phenolic OH excluding ortho intramolecular Hbond substituents is 3. The molecule has 6 aromatic carbocycles. The lowest BCUT2D eigenvalue weighted by atomic mass is 10.0. The molecule has 15 heteroatoms. The van der Waals surface area contributed by atoms with Crippen molar-refractivity contribution in [2.24, 2.45) is 0 Å². The van der Waals surface area contributed by atoms with Crippen molar-refractivity contribution in [2.45, 2.75) is 6.42 Å². The third-order valence-corrected chi connectivity index (χ3v) is 10.0. The highest BCUT2D eigenvalue weighted by Crippen LogP contribution is 2.38. The number of carbonyl (C=O) groups excluding carboxylic acids is 1. The number of aromatic amines is 2. The minimum atomic E-state index is -0.138. The van der Waals surface area contributed by atoms with Gasteiger partial charge in [0.25, 0.3) is 5.91 Å². The van der Waals surface area contributed by atoms with Crippen molar-refractivity contribution in [2.75, 3.05) is 27.3 Å². The van der Waals surface area contributed by atoms with Crippen LogP contribution < -0.4 is 9.47 Å². The lowest BCUT2D eigenvalue weighted by Gasteiger charge is -2.17. The minimum absolute atomic E-state index is 0.0238. The van der Waals surface area contributed by atoms with Gasteiger partial charge in [0.15, 0.2) is 21.2 Å². The zero-order chi connectivity index (χ0) is 39.8. The number of hydrogen-bond donors (Lipinski definition) is 5. The van der Waals surface area contributed by atoms with Gasteiger partial charge in [-0.15, -0.1) is 0 Å². The van der Waals surface area contributed by atoms with Gasteiger partial charge in [-0.25, -0.2) is 0 Å². The van der Waals surface area contributed by atoms with Crippen LogP contribution in [0.1, 0.15) is 16.8 Å². The van der Waals surface area contributed by atoms with E-state index in [0.717, 1.165) is 32.9 Å². The summed E-state index contributed by atoms with van der Waals surface area (Å²) in [6.07, 6.45) is 0.501. The molecule has 13 nitrogen and oxygen atoms in total. The first-order valence-electron chi connectivity index (χ1n) is 17.8. The molecule has 0 aliphatic carbocycles. The first kappa shape index (κ1) is 37.0. The van der Waals surface area contributed by atoms with Gasteiger partial charge in [-0.2, -0.15) is 10.2 Å². The van der Waals surface area contributed by atoms with Crippen molar-refractivity contribution >= 4 is 51.9 Å². The van der Waals surface area contributed by atoms with Crippen molar-refractivity contribution in [3.05, 3.63) is 124 Å². The third kappa shape index (κ3) is 6.94. The summed E-state index contributed by atoms with van der Waals surface area (Å²) in [4.78, 5) is 14.6. The molecule has 0 saturated carbocycles. The Kier molecular flexibility index (Phi) is 9.91. The van der Waals surface area contributed by atoms with Crippen LogP contribution in [0.3, 0.4) is 0 Å². The maximum absolute atomic E-state index is 13.0. The molecule has 0 aliphatic rings. The summed E-state index contributed by atoms with van der Waals surface area (Å²) in [5.74, 6) is 1.60. The molecule has 8 rings (SSSR count). The molecule has 0 bridgehead atoms. The van der Waals surface area contributed by atoms with Crippen LogP contribution in [0.4, 0.5) is 0 Å². The summed E-state index contributed by atoms with van der Waals surface area (Å²) in [6, 6.07) is 31.9. The van der Waals surface area contributed by atoms with Gasteiger partial charge >= 0.3 is 0 Å². The summed E-state index contributed by atoms with van der Waals surface area (Å²) in [5, 5.41) is 48.8. The van der Waals surface area contributed by atoms with Gasteiger partial charge in [0.05, 0.1) is 35.7 Å². The van der Waals surface area contributed by atoms with Crippen molar-refractivity contribution < 1.29 is 29.6 Å². The number of hydrogen-bond acceptors (Lipinski definition) is 10. The predicted octanol–water partition coefficient (Wildman–Crippen LogP) is 8.48. The molecule has 0 radical (unpaired) electrons. The molecule has 2 aromatic heterocycles. The van der Waals surface area contributed by atoms with Crippen LogP contribution in [0.5, 0.6) is 28.7 Å². The number of amides is 1. The predicted molar refractivity (Wildman–Crippen MR) is 222 cm³/mol. The largest absolute Gasteiger partial charge is 0.508 e. The molecule has 0 atom stereocenters. The maximum atomic E-state index is 13.0. The van der Waals surface area contributed by atoms with E-state index in [9.17, 15) is 20.1 Å². The summed E-state index contributed by atoms with van der Waals surface area (Å²) >= 11 is 11.3. The van der Waals surface area contributed by atoms with Crippen molar-refractivity contribution in [1.29, 1.82) is 0 Å². The standard InChI is InChI=1S/C42H35N7O6S2/c1-47(2)40(53)30-16-17-33(27-9-4-3-8-26(27)30)49-39(44-46-42(49)57)32-15-13-25(51)23-37(32)55-21-7-20-54-36-19-18-34(28-10-5-6-11-29(28)36)48-38(43-45-41(48)56)31-14-12-24(50)22-35(31)52/h3-6,8-19,22-23,50-52H,7,20-21H2,1-2H3,(H,45,56)(H,46,57). The summed E-state index contributed by atoms with van der Waals surface area (Å²) in [6.45, 7) is 0.573. The fourth-order valence-corrected chi connectivity index (χ4v) is 7.29. The molecular weight excluding hydrogens is 763 g/mol.